The van der Waals surface area contributed by atoms with Crippen molar-refractivity contribution < 1.29 is 0 Å². The lowest BCUT2D eigenvalue weighted by atomic mass is 9.81. The monoisotopic (exact) mass is 564 g/mol. The number of benzene rings is 7. The van der Waals surface area contributed by atoms with Crippen LogP contribution in [-0.2, 0) is 5.41 Å². The van der Waals surface area contributed by atoms with Crippen molar-refractivity contribution in [2.75, 3.05) is 0 Å². The van der Waals surface area contributed by atoms with Crippen LogP contribution in [0.4, 0.5) is 0 Å². The van der Waals surface area contributed by atoms with Crippen LogP contribution in [-0.4, -0.2) is 9.97 Å². The largest absolute Gasteiger partial charge is 0.244 e. The summed E-state index contributed by atoms with van der Waals surface area (Å²) in [5, 5.41) is 7.84. The van der Waals surface area contributed by atoms with Crippen molar-refractivity contribution >= 4 is 32.3 Å². The molecule has 0 atom stereocenters. The molecule has 8 rings (SSSR count). The summed E-state index contributed by atoms with van der Waals surface area (Å²) in [6.45, 7) is 6.88. The first kappa shape index (κ1) is 26.3. The zero-order chi connectivity index (χ0) is 29.8. The molecule has 0 amide bonds. The predicted molar refractivity (Wildman–Crippen MR) is 186 cm³/mol. The fourth-order valence-corrected chi connectivity index (χ4v) is 6.59. The average Bonchev–Trinajstić information content (AvgIpc) is 3.07. The van der Waals surface area contributed by atoms with Crippen molar-refractivity contribution in [2.24, 2.45) is 0 Å². The van der Waals surface area contributed by atoms with Crippen LogP contribution in [0.3, 0.4) is 0 Å². The first-order valence-corrected chi connectivity index (χ1v) is 15.2. The lowest BCUT2D eigenvalue weighted by Crippen LogP contribution is -2.10. The summed E-state index contributed by atoms with van der Waals surface area (Å²) in [6, 6.07) is 44.9. The third-order valence-corrected chi connectivity index (χ3v) is 8.98. The Morgan fingerprint density at radius 3 is 1.43 bits per heavy atom. The first-order chi connectivity index (χ1) is 21.4. The minimum Gasteiger partial charge on any atom is -0.244 e. The molecule has 210 valence electrons. The summed E-state index contributed by atoms with van der Waals surface area (Å²) in [6.07, 6.45) is 5.30. The summed E-state index contributed by atoms with van der Waals surface area (Å²) >= 11 is 0. The number of aromatic nitrogens is 2. The van der Waals surface area contributed by atoms with Gasteiger partial charge in [0.05, 0.1) is 0 Å². The number of nitrogens with zero attached hydrogens (tertiary/aromatic N) is 2. The third-order valence-electron chi connectivity index (χ3n) is 8.98. The minimum absolute atomic E-state index is 0.0762. The molecule has 0 spiro atoms. The van der Waals surface area contributed by atoms with Crippen molar-refractivity contribution in [3.05, 3.63) is 146 Å². The molecule has 2 nitrogen and oxygen atoms in total. The Balaban J connectivity index is 1.37. The van der Waals surface area contributed by atoms with Crippen LogP contribution in [0.25, 0.3) is 76.8 Å². The van der Waals surface area contributed by atoms with Gasteiger partial charge in [0.15, 0.2) is 0 Å². The van der Waals surface area contributed by atoms with Gasteiger partial charge in [0.2, 0.25) is 0 Å². The Morgan fingerprint density at radius 1 is 0.432 bits per heavy atom. The van der Waals surface area contributed by atoms with E-state index in [0.717, 1.165) is 11.1 Å². The van der Waals surface area contributed by atoms with Crippen molar-refractivity contribution in [1.29, 1.82) is 0 Å². The first-order valence-electron chi connectivity index (χ1n) is 15.2. The normalized spacial score (nSPS) is 12.0. The van der Waals surface area contributed by atoms with Crippen LogP contribution in [0.5, 0.6) is 0 Å². The molecular formula is C42H32N2. The Hall–Kier alpha value is -5.34. The molecule has 0 aliphatic heterocycles. The highest BCUT2D eigenvalue weighted by atomic mass is 14.8. The Morgan fingerprint density at radius 2 is 0.909 bits per heavy atom. The Labute approximate surface area is 258 Å². The smallest absolute Gasteiger partial charge is 0.115 e. The maximum Gasteiger partial charge on any atom is 0.115 e. The lowest BCUT2D eigenvalue weighted by Gasteiger charge is -2.23. The standard InChI is InChI=1S/C42H32N2/c1-42(2,3)35-21-32-17-19-36-38(30-13-9-28(10-14-30)27-7-5-4-6-8-27)23-39(37-20-18-33(22-35)40(32)41(36)37)31-15-11-29(12-16-31)34-24-43-26-44-25-34/h4-26H,1-3H3. The molecule has 0 unspecified atom stereocenters. The summed E-state index contributed by atoms with van der Waals surface area (Å²) in [5.74, 6) is 0. The Kier molecular flexibility index (Phi) is 6.06. The van der Waals surface area contributed by atoms with Gasteiger partial charge in [-0.25, -0.2) is 9.97 Å². The van der Waals surface area contributed by atoms with Crippen LogP contribution in [0.15, 0.2) is 140 Å². The fourth-order valence-electron chi connectivity index (χ4n) is 6.59. The molecule has 0 bridgehead atoms. The molecule has 0 aliphatic carbocycles. The second kappa shape index (κ2) is 10.1. The minimum atomic E-state index is 0.0762. The molecule has 2 heteroatoms. The second-order valence-corrected chi connectivity index (χ2v) is 12.8. The van der Waals surface area contributed by atoms with Crippen LogP contribution < -0.4 is 0 Å². The van der Waals surface area contributed by atoms with Crippen molar-refractivity contribution in [2.45, 2.75) is 26.2 Å². The quantitative estimate of drug-likeness (QED) is 0.199. The molecular weight excluding hydrogens is 532 g/mol. The molecule has 44 heavy (non-hydrogen) atoms. The Bertz CT molecular complexity index is 2110. The van der Waals surface area contributed by atoms with E-state index in [9.17, 15) is 0 Å². The second-order valence-electron chi connectivity index (χ2n) is 12.8. The highest BCUT2D eigenvalue weighted by molar-refractivity contribution is 6.28. The van der Waals surface area contributed by atoms with Gasteiger partial charge in [-0.05, 0) is 88.3 Å². The maximum absolute atomic E-state index is 4.21. The van der Waals surface area contributed by atoms with E-state index >= 15 is 0 Å². The molecule has 0 radical (unpaired) electrons. The van der Waals surface area contributed by atoms with Gasteiger partial charge in [-0.3, -0.25) is 0 Å². The van der Waals surface area contributed by atoms with E-state index < -0.39 is 0 Å². The van der Waals surface area contributed by atoms with Crippen molar-refractivity contribution in [3.8, 4) is 44.5 Å². The van der Waals surface area contributed by atoms with Crippen LogP contribution in [0.2, 0.25) is 0 Å². The van der Waals surface area contributed by atoms with Crippen molar-refractivity contribution in [3.63, 3.8) is 0 Å². The molecule has 8 aromatic rings. The zero-order valence-electron chi connectivity index (χ0n) is 25.2. The highest BCUT2D eigenvalue weighted by Gasteiger charge is 2.20. The molecule has 0 saturated carbocycles. The van der Waals surface area contributed by atoms with Gasteiger partial charge >= 0.3 is 0 Å². The van der Waals surface area contributed by atoms with E-state index in [1.54, 1.807) is 6.33 Å². The highest BCUT2D eigenvalue weighted by Crippen LogP contribution is 2.45. The van der Waals surface area contributed by atoms with Gasteiger partial charge in [-0.15, -0.1) is 0 Å². The van der Waals surface area contributed by atoms with E-state index in [1.165, 1.54) is 71.3 Å². The van der Waals surface area contributed by atoms with E-state index in [0.29, 0.717) is 0 Å². The molecule has 0 fully saturated rings. The molecule has 1 aromatic heterocycles. The average molecular weight is 565 g/mol. The summed E-state index contributed by atoms with van der Waals surface area (Å²) in [7, 11) is 0. The SMILES string of the molecule is CC(C)(C)c1cc2ccc3c(-c4ccc(-c5ccccc5)cc4)cc(-c4ccc(-c5cncnc5)cc4)c4ccc(c1)c2c34. The summed E-state index contributed by atoms with van der Waals surface area (Å²) in [4.78, 5) is 8.42. The predicted octanol–water partition coefficient (Wildman–Crippen LogP) is 11.3. The van der Waals surface area contributed by atoms with Gasteiger partial charge in [-0.2, -0.15) is 0 Å². The zero-order valence-corrected chi connectivity index (χ0v) is 25.2. The summed E-state index contributed by atoms with van der Waals surface area (Å²) < 4.78 is 0. The van der Waals surface area contributed by atoms with E-state index in [4.69, 9.17) is 0 Å². The molecule has 7 aromatic carbocycles. The third kappa shape index (κ3) is 4.42. The van der Waals surface area contributed by atoms with Gasteiger partial charge in [-0.1, -0.05) is 136 Å². The molecule has 1 heterocycles. The molecule has 0 saturated heterocycles. The van der Waals surface area contributed by atoms with E-state index in [-0.39, 0.29) is 5.41 Å². The number of rotatable bonds is 4. The van der Waals surface area contributed by atoms with Gasteiger partial charge in [0, 0.05) is 18.0 Å². The number of hydrogen-bond acceptors (Lipinski definition) is 2. The van der Waals surface area contributed by atoms with Crippen molar-refractivity contribution in [1.82, 2.24) is 9.97 Å². The van der Waals surface area contributed by atoms with Gasteiger partial charge in [0.25, 0.3) is 0 Å². The summed E-state index contributed by atoms with van der Waals surface area (Å²) in [5.41, 5.74) is 10.9. The number of hydrogen-bond donors (Lipinski definition) is 0. The van der Waals surface area contributed by atoms with Crippen LogP contribution in [0.1, 0.15) is 26.3 Å². The maximum atomic E-state index is 4.21. The molecule has 0 N–H and O–H groups in total. The topological polar surface area (TPSA) is 25.8 Å². The molecule has 0 aliphatic rings. The van der Waals surface area contributed by atoms with Crippen LogP contribution >= 0.6 is 0 Å². The van der Waals surface area contributed by atoms with E-state index in [1.807, 2.05) is 12.4 Å². The fraction of sp³-hybridized carbons (Fsp3) is 0.0952. The van der Waals surface area contributed by atoms with Gasteiger partial charge in [0.1, 0.15) is 6.33 Å². The van der Waals surface area contributed by atoms with Gasteiger partial charge < -0.3 is 0 Å². The lowest BCUT2D eigenvalue weighted by molar-refractivity contribution is 0.591. The van der Waals surface area contributed by atoms with E-state index in [2.05, 4.69) is 152 Å². The van der Waals surface area contributed by atoms with Crippen LogP contribution in [0, 0.1) is 0 Å².